The number of nitrogens with two attached hydrogens (primary N) is 1. The molecule has 1 atom stereocenters. The number of benzene rings is 2. The first-order valence-corrected chi connectivity index (χ1v) is 5.21. The summed E-state index contributed by atoms with van der Waals surface area (Å²) in [7, 11) is 0. The van der Waals surface area contributed by atoms with Crippen molar-refractivity contribution in [1.29, 1.82) is 0 Å². The molecule has 0 saturated heterocycles. The van der Waals surface area contributed by atoms with Crippen LogP contribution in [0.5, 0.6) is 0 Å². The van der Waals surface area contributed by atoms with Crippen molar-refractivity contribution in [1.82, 2.24) is 0 Å². The highest BCUT2D eigenvalue weighted by Crippen LogP contribution is 2.32. The molecule has 0 aliphatic heterocycles. The first kappa shape index (κ1) is 11.9. The van der Waals surface area contributed by atoms with Crippen LogP contribution in [0.2, 0.25) is 0 Å². The first-order valence-electron chi connectivity index (χ1n) is 5.21. The Labute approximate surface area is 97.0 Å². The smallest absolute Gasteiger partial charge is 0.316 e. The van der Waals surface area contributed by atoms with E-state index in [1.165, 1.54) is 12.1 Å². The van der Waals surface area contributed by atoms with Gasteiger partial charge in [-0.1, -0.05) is 30.3 Å². The highest BCUT2D eigenvalue weighted by atomic mass is 19.4. The Bertz CT molecular complexity index is 546. The molecule has 2 rings (SSSR count). The van der Waals surface area contributed by atoms with E-state index in [1.54, 1.807) is 6.07 Å². The van der Waals surface area contributed by atoms with Crippen molar-refractivity contribution in [3.63, 3.8) is 0 Å². The number of fused-ring (bicyclic) bond motifs is 1. The van der Waals surface area contributed by atoms with Crippen molar-refractivity contribution in [2.45, 2.75) is 19.1 Å². The Balaban J connectivity index is 2.55. The molecule has 0 bridgehead atoms. The Hall–Kier alpha value is -1.55. The fourth-order valence-electron chi connectivity index (χ4n) is 1.83. The van der Waals surface area contributed by atoms with Crippen molar-refractivity contribution in [2.24, 2.45) is 5.73 Å². The minimum atomic E-state index is -4.41. The number of rotatable bonds is 1. The topological polar surface area (TPSA) is 26.0 Å². The van der Waals surface area contributed by atoms with Crippen LogP contribution in [0, 0.1) is 6.92 Å². The molecular formula is C13H12F3N. The lowest BCUT2D eigenvalue weighted by atomic mass is 9.99. The maximum atomic E-state index is 12.5. The zero-order valence-electron chi connectivity index (χ0n) is 9.25. The Morgan fingerprint density at radius 3 is 2.47 bits per heavy atom. The molecule has 0 heterocycles. The molecule has 2 aromatic carbocycles. The van der Waals surface area contributed by atoms with E-state index in [2.05, 4.69) is 0 Å². The quantitative estimate of drug-likeness (QED) is 0.806. The fraction of sp³-hybridized carbons (Fsp3) is 0.231. The molecular weight excluding hydrogens is 227 g/mol. The maximum absolute atomic E-state index is 12.5. The van der Waals surface area contributed by atoms with Gasteiger partial charge in [-0.2, -0.15) is 13.2 Å². The van der Waals surface area contributed by atoms with E-state index in [0.717, 1.165) is 16.3 Å². The molecule has 0 spiro atoms. The zero-order valence-corrected chi connectivity index (χ0v) is 9.25. The number of alkyl halides is 3. The van der Waals surface area contributed by atoms with Crippen LogP contribution in [-0.2, 0) is 0 Å². The number of hydrogen-bond acceptors (Lipinski definition) is 1. The van der Waals surface area contributed by atoms with E-state index in [4.69, 9.17) is 5.73 Å². The predicted molar refractivity (Wildman–Crippen MR) is 61.7 cm³/mol. The van der Waals surface area contributed by atoms with Gasteiger partial charge < -0.3 is 5.73 Å². The van der Waals surface area contributed by atoms with Gasteiger partial charge in [-0.3, -0.25) is 0 Å². The minimum Gasteiger partial charge on any atom is -0.316 e. The summed E-state index contributed by atoms with van der Waals surface area (Å²) in [5, 5.41) is 1.73. The summed E-state index contributed by atoms with van der Waals surface area (Å²) in [6.07, 6.45) is -4.41. The van der Waals surface area contributed by atoms with Gasteiger partial charge in [-0.25, -0.2) is 0 Å². The van der Waals surface area contributed by atoms with E-state index in [-0.39, 0.29) is 5.56 Å². The second-order valence-electron chi connectivity index (χ2n) is 4.07. The average Bonchev–Trinajstić information content (AvgIpc) is 2.27. The summed E-state index contributed by atoms with van der Waals surface area (Å²) in [5.41, 5.74) is 6.23. The maximum Gasteiger partial charge on any atom is 0.407 e. The van der Waals surface area contributed by atoms with Crippen molar-refractivity contribution in [2.75, 3.05) is 0 Å². The molecule has 1 nitrogen and oxygen atoms in total. The Kier molecular flexibility index (Phi) is 2.83. The molecule has 0 unspecified atom stereocenters. The van der Waals surface area contributed by atoms with Crippen LogP contribution in [-0.4, -0.2) is 6.18 Å². The van der Waals surface area contributed by atoms with Gasteiger partial charge >= 0.3 is 6.18 Å². The van der Waals surface area contributed by atoms with Crippen LogP contribution in [0.25, 0.3) is 10.8 Å². The van der Waals surface area contributed by atoms with Gasteiger partial charge in [0, 0.05) is 0 Å². The van der Waals surface area contributed by atoms with Crippen LogP contribution in [0.3, 0.4) is 0 Å². The first-order chi connectivity index (χ1) is 7.89. The third-order valence-electron chi connectivity index (χ3n) is 2.84. The van der Waals surface area contributed by atoms with Gasteiger partial charge in [0.05, 0.1) is 0 Å². The van der Waals surface area contributed by atoms with Crippen molar-refractivity contribution in [3.8, 4) is 0 Å². The van der Waals surface area contributed by atoms with E-state index < -0.39 is 12.2 Å². The number of hydrogen-bond donors (Lipinski definition) is 1. The molecule has 2 N–H and O–H groups in total. The summed E-state index contributed by atoms with van der Waals surface area (Å²) < 4.78 is 37.5. The lowest BCUT2D eigenvalue weighted by Crippen LogP contribution is -2.28. The Morgan fingerprint density at radius 2 is 1.82 bits per heavy atom. The molecule has 0 aromatic heterocycles. The van der Waals surface area contributed by atoms with Crippen LogP contribution in [0.15, 0.2) is 36.4 Å². The zero-order chi connectivity index (χ0) is 12.6. The standard InChI is InChI=1S/C13H12F3N/c1-8-3-2-4-9-5-6-10(7-11(8)9)12(17)13(14,15)16/h2-7,12H,17H2,1H3/t12-/m0/s1. The normalized spacial score (nSPS) is 13.9. The van der Waals surface area contributed by atoms with Crippen molar-refractivity contribution >= 4 is 10.8 Å². The molecule has 0 aliphatic rings. The highest BCUT2D eigenvalue weighted by molar-refractivity contribution is 5.86. The summed E-state index contributed by atoms with van der Waals surface area (Å²) in [5.74, 6) is 0. The molecule has 0 radical (unpaired) electrons. The van der Waals surface area contributed by atoms with Gasteiger partial charge in [0.1, 0.15) is 6.04 Å². The van der Waals surface area contributed by atoms with Crippen LogP contribution in [0.1, 0.15) is 17.2 Å². The third kappa shape index (κ3) is 2.26. The predicted octanol–water partition coefficient (Wildman–Crippen LogP) is 3.71. The van der Waals surface area contributed by atoms with Crippen molar-refractivity contribution < 1.29 is 13.2 Å². The average molecular weight is 239 g/mol. The van der Waals surface area contributed by atoms with Crippen LogP contribution in [0.4, 0.5) is 13.2 Å². The second kappa shape index (κ2) is 4.04. The molecule has 0 saturated carbocycles. The van der Waals surface area contributed by atoms with Gasteiger partial charge in [0.15, 0.2) is 0 Å². The fourth-order valence-corrected chi connectivity index (χ4v) is 1.83. The minimum absolute atomic E-state index is 0.0966. The summed E-state index contributed by atoms with van der Waals surface area (Å²) in [6, 6.07) is 8.30. The van der Waals surface area contributed by atoms with E-state index in [0.29, 0.717) is 0 Å². The summed E-state index contributed by atoms with van der Waals surface area (Å²) in [6.45, 7) is 1.87. The van der Waals surface area contributed by atoms with E-state index >= 15 is 0 Å². The lowest BCUT2D eigenvalue weighted by molar-refractivity contribution is -0.149. The molecule has 90 valence electrons. The number of halogens is 3. The largest absolute Gasteiger partial charge is 0.407 e. The van der Waals surface area contributed by atoms with Crippen molar-refractivity contribution in [3.05, 3.63) is 47.5 Å². The third-order valence-corrected chi connectivity index (χ3v) is 2.84. The monoisotopic (exact) mass is 239 g/mol. The SMILES string of the molecule is Cc1cccc2ccc([C@H](N)C(F)(F)F)cc12. The molecule has 0 amide bonds. The highest BCUT2D eigenvalue weighted by Gasteiger charge is 2.37. The summed E-state index contributed by atoms with van der Waals surface area (Å²) >= 11 is 0. The van der Waals surface area contributed by atoms with Crippen LogP contribution < -0.4 is 5.73 Å². The van der Waals surface area contributed by atoms with Gasteiger partial charge in [0.25, 0.3) is 0 Å². The molecule has 2 aromatic rings. The van der Waals surface area contributed by atoms with Gasteiger partial charge in [-0.15, -0.1) is 0 Å². The lowest BCUT2D eigenvalue weighted by Gasteiger charge is -2.16. The van der Waals surface area contributed by atoms with Crippen LogP contribution >= 0.6 is 0 Å². The second-order valence-corrected chi connectivity index (χ2v) is 4.07. The van der Waals surface area contributed by atoms with E-state index in [1.807, 2.05) is 25.1 Å². The molecule has 17 heavy (non-hydrogen) atoms. The molecule has 0 aliphatic carbocycles. The molecule has 4 heteroatoms. The van der Waals surface area contributed by atoms with Gasteiger partial charge in [0.2, 0.25) is 0 Å². The number of aryl methyl sites for hydroxylation is 1. The Morgan fingerprint density at radius 1 is 1.12 bits per heavy atom. The summed E-state index contributed by atoms with van der Waals surface area (Å²) in [4.78, 5) is 0. The van der Waals surface area contributed by atoms with Gasteiger partial charge in [-0.05, 0) is 34.9 Å². The van der Waals surface area contributed by atoms with E-state index in [9.17, 15) is 13.2 Å². The molecule has 0 fully saturated rings.